The van der Waals surface area contributed by atoms with Crippen molar-refractivity contribution in [1.82, 2.24) is 15.0 Å². The summed E-state index contributed by atoms with van der Waals surface area (Å²) in [4.78, 5) is 31.1. The summed E-state index contributed by atoms with van der Waals surface area (Å²) in [5, 5.41) is 0.711. The van der Waals surface area contributed by atoms with Crippen LogP contribution in [-0.2, 0) is 13.0 Å². The molecular weight excluding hydrogens is 456 g/mol. The molecule has 0 bridgehead atoms. The van der Waals surface area contributed by atoms with Crippen molar-refractivity contribution in [3.63, 3.8) is 0 Å². The summed E-state index contributed by atoms with van der Waals surface area (Å²) in [5.41, 5.74) is 4.58. The number of para-hydroxylation sites is 1. The monoisotopic (exact) mass is 480 g/mol. The number of H-pyrrole nitrogens is 1. The second-order valence-corrected chi connectivity index (χ2v) is 9.78. The Morgan fingerprint density at radius 2 is 1.80 bits per heavy atom. The first-order chi connectivity index (χ1) is 17.2. The number of benzene rings is 2. The number of anilines is 1. The van der Waals surface area contributed by atoms with Crippen LogP contribution in [0.3, 0.4) is 0 Å². The molecule has 6 rings (SSSR count). The van der Waals surface area contributed by atoms with Gasteiger partial charge in [0, 0.05) is 44.2 Å². The number of methoxy groups -OCH3 is 1. The summed E-state index contributed by atoms with van der Waals surface area (Å²) < 4.78 is 5.26. The third-order valence-electron chi connectivity index (χ3n) is 6.57. The largest absolute Gasteiger partial charge is 0.497 e. The van der Waals surface area contributed by atoms with Crippen molar-refractivity contribution in [2.24, 2.45) is 0 Å². The van der Waals surface area contributed by atoms with E-state index < -0.39 is 0 Å². The van der Waals surface area contributed by atoms with Crippen LogP contribution in [0.5, 0.6) is 5.75 Å². The fraction of sp³-hybridized carbons (Fsp3) is 0.179. The van der Waals surface area contributed by atoms with Crippen molar-refractivity contribution < 1.29 is 4.74 Å². The molecule has 1 aliphatic heterocycles. The number of pyridine rings is 1. The molecule has 1 N–H and O–H groups in total. The minimum absolute atomic E-state index is 0.0731. The number of ether oxygens (including phenoxy) is 1. The molecule has 6 nitrogen and oxygen atoms in total. The summed E-state index contributed by atoms with van der Waals surface area (Å²) in [6.45, 7) is 2.62. The first kappa shape index (κ1) is 21.6. The Balaban J connectivity index is 1.43. The van der Waals surface area contributed by atoms with Gasteiger partial charge < -0.3 is 14.6 Å². The van der Waals surface area contributed by atoms with Crippen molar-refractivity contribution >= 4 is 28.2 Å². The van der Waals surface area contributed by atoms with E-state index >= 15 is 0 Å². The van der Waals surface area contributed by atoms with Gasteiger partial charge in [-0.25, -0.2) is 9.97 Å². The highest BCUT2D eigenvalue weighted by molar-refractivity contribution is 7.12. The molecule has 174 valence electrons. The Morgan fingerprint density at radius 3 is 2.51 bits per heavy atom. The van der Waals surface area contributed by atoms with E-state index in [-0.39, 0.29) is 11.5 Å². The number of fused-ring (bicyclic) bond motifs is 2. The van der Waals surface area contributed by atoms with Crippen LogP contribution < -0.4 is 15.1 Å². The maximum atomic E-state index is 13.4. The minimum Gasteiger partial charge on any atom is -0.497 e. The number of aromatic amines is 1. The summed E-state index contributed by atoms with van der Waals surface area (Å²) in [6.07, 6.45) is 4.66. The lowest BCUT2D eigenvalue weighted by atomic mass is 10.1. The van der Waals surface area contributed by atoms with Crippen LogP contribution in [0.4, 0.5) is 5.95 Å². The molecule has 0 radical (unpaired) electrons. The van der Waals surface area contributed by atoms with Gasteiger partial charge in [0.1, 0.15) is 11.8 Å². The zero-order valence-corrected chi connectivity index (χ0v) is 20.3. The molecule has 1 unspecified atom stereocenters. The van der Waals surface area contributed by atoms with Gasteiger partial charge in [-0.2, -0.15) is 0 Å². The van der Waals surface area contributed by atoms with Gasteiger partial charge in [-0.05, 0) is 48.4 Å². The lowest BCUT2D eigenvalue weighted by Gasteiger charge is -2.24. The van der Waals surface area contributed by atoms with Crippen LogP contribution in [0, 0.1) is 0 Å². The highest BCUT2D eigenvalue weighted by atomic mass is 32.1. The topological polar surface area (TPSA) is 71.1 Å². The number of thiophene rings is 1. The third kappa shape index (κ3) is 3.68. The molecule has 0 fully saturated rings. The molecule has 1 atom stereocenters. The minimum atomic E-state index is -0.139. The molecule has 5 aromatic rings. The third-order valence-corrected chi connectivity index (χ3v) is 7.85. The Hall–Kier alpha value is -3.97. The van der Waals surface area contributed by atoms with Gasteiger partial charge in [0.25, 0.3) is 0 Å². The van der Waals surface area contributed by atoms with Crippen LogP contribution in [0.2, 0.25) is 0 Å². The number of aromatic nitrogens is 3. The van der Waals surface area contributed by atoms with Gasteiger partial charge in [-0.1, -0.05) is 31.2 Å². The molecule has 35 heavy (non-hydrogen) atoms. The summed E-state index contributed by atoms with van der Waals surface area (Å²) >= 11 is 1.78. The molecule has 3 aromatic heterocycles. The predicted octanol–water partition coefficient (Wildman–Crippen LogP) is 5.73. The molecule has 2 aromatic carbocycles. The van der Waals surface area contributed by atoms with E-state index in [2.05, 4.69) is 28.9 Å². The molecule has 4 heterocycles. The fourth-order valence-electron chi connectivity index (χ4n) is 4.72. The maximum absolute atomic E-state index is 13.4. The number of hydrogen-bond acceptors (Lipinski definition) is 6. The van der Waals surface area contributed by atoms with Crippen LogP contribution in [0.15, 0.2) is 77.9 Å². The first-order valence-electron chi connectivity index (χ1n) is 11.6. The van der Waals surface area contributed by atoms with Crippen molar-refractivity contribution in [3.8, 4) is 16.9 Å². The molecule has 0 saturated carbocycles. The van der Waals surface area contributed by atoms with Crippen molar-refractivity contribution in [3.05, 3.63) is 104 Å². The smallest absolute Gasteiger partial charge is 0.226 e. The van der Waals surface area contributed by atoms with E-state index in [0.717, 1.165) is 40.1 Å². The number of nitrogens with one attached hydrogen (secondary N) is 1. The van der Waals surface area contributed by atoms with Gasteiger partial charge in [-0.3, -0.25) is 4.79 Å². The van der Waals surface area contributed by atoms with Gasteiger partial charge >= 0.3 is 0 Å². The lowest BCUT2D eigenvalue weighted by Crippen LogP contribution is -2.24. The van der Waals surface area contributed by atoms with E-state index in [0.29, 0.717) is 17.9 Å². The van der Waals surface area contributed by atoms with E-state index in [1.165, 1.54) is 9.75 Å². The Morgan fingerprint density at radius 1 is 1.03 bits per heavy atom. The van der Waals surface area contributed by atoms with Crippen molar-refractivity contribution in [2.45, 2.75) is 25.9 Å². The lowest BCUT2D eigenvalue weighted by molar-refractivity contribution is 0.415. The van der Waals surface area contributed by atoms with Gasteiger partial charge in [0.2, 0.25) is 5.95 Å². The maximum Gasteiger partial charge on any atom is 0.226 e. The van der Waals surface area contributed by atoms with Crippen molar-refractivity contribution in [2.75, 3.05) is 12.0 Å². The molecule has 7 heteroatoms. The van der Waals surface area contributed by atoms with Crippen LogP contribution in [0.25, 0.3) is 22.0 Å². The zero-order valence-electron chi connectivity index (χ0n) is 19.5. The van der Waals surface area contributed by atoms with E-state index in [1.807, 2.05) is 60.9 Å². The van der Waals surface area contributed by atoms with E-state index in [9.17, 15) is 4.79 Å². The summed E-state index contributed by atoms with van der Waals surface area (Å²) in [5.74, 6) is 1.41. The molecule has 0 spiro atoms. The Bertz CT molecular complexity index is 1570. The Labute approximate surface area is 206 Å². The molecular formula is C28H24N4O2S. The quantitative estimate of drug-likeness (QED) is 0.348. The van der Waals surface area contributed by atoms with Crippen molar-refractivity contribution in [1.29, 1.82) is 0 Å². The fourth-order valence-corrected chi connectivity index (χ4v) is 5.79. The van der Waals surface area contributed by atoms with Gasteiger partial charge in [0.05, 0.1) is 19.3 Å². The van der Waals surface area contributed by atoms with Crippen LogP contribution in [-0.4, -0.2) is 22.1 Å². The molecule has 0 amide bonds. The van der Waals surface area contributed by atoms with E-state index in [1.54, 1.807) is 18.4 Å². The number of aryl methyl sites for hydroxylation is 1. The highest BCUT2D eigenvalue weighted by Gasteiger charge is 2.37. The van der Waals surface area contributed by atoms with Crippen LogP contribution >= 0.6 is 11.3 Å². The average Bonchev–Trinajstić information content (AvgIpc) is 3.54. The molecule has 0 aliphatic carbocycles. The average molecular weight is 481 g/mol. The standard InChI is InChI=1S/C28H24N4O2S/c1-3-20-12-13-24(35-20)26-25-22(27(33)21-6-4-5-7-23(21)31-25)16-32(26)28-29-14-18(15-30-28)17-8-10-19(34-2)11-9-17/h4-15,26H,3,16H2,1-2H3,(H,31,33). The normalized spacial score (nSPS) is 14.9. The van der Waals surface area contributed by atoms with Gasteiger partial charge in [0.15, 0.2) is 5.43 Å². The molecule has 1 aliphatic rings. The number of hydrogen-bond donors (Lipinski definition) is 1. The second-order valence-electron chi connectivity index (χ2n) is 8.58. The highest BCUT2D eigenvalue weighted by Crippen LogP contribution is 2.41. The second kappa shape index (κ2) is 8.67. The number of rotatable bonds is 5. The Kier molecular flexibility index (Phi) is 5.34. The predicted molar refractivity (Wildman–Crippen MR) is 140 cm³/mol. The zero-order chi connectivity index (χ0) is 23.9. The molecule has 0 saturated heterocycles. The number of nitrogens with zero attached hydrogens (tertiary/aromatic N) is 3. The SMILES string of the molecule is CCc1ccc(C2c3[nH]c4ccccc4c(=O)c3CN2c2ncc(-c3ccc(OC)cc3)cn2)s1. The first-order valence-corrected chi connectivity index (χ1v) is 12.4. The van der Waals surface area contributed by atoms with E-state index in [4.69, 9.17) is 14.7 Å². The summed E-state index contributed by atoms with van der Waals surface area (Å²) in [6, 6.07) is 19.7. The summed E-state index contributed by atoms with van der Waals surface area (Å²) in [7, 11) is 1.65. The van der Waals surface area contributed by atoms with Gasteiger partial charge in [-0.15, -0.1) is 11.3 Å². The van der Waals surface area contributed by atoms with Crippen LogP contribution in [0.1, 0.15) is 34.0 Å².